The second-order valence-corrected chi connectivity index (χ2v) is 10.2. The van der Waals surface area contributed by atoms with Gasteiger partial charge < -0.3 is 10.2 Å². The Bertz CT molecular complexity index is 983. The Hall–Kier alpha value is -2.45. The predicted molar refractivity (Wildman–Crippen MR) is 121 cm³/mol. The number of piperidine rings is 2. The van der Waals surface area contributed by atoms with Crippen LogP contribution in [0.1, 0.15) is 42.5 Å². The Labute approximate surface area is 184 Å². The molecule has 0 spiro atoms. The largest absolute Gasteiger partial charge is 0.356 e. The lowest BCUT2D eigenvalue weighted by atomic mass is 9.98. The molecule has 0 atom stereocenters. The van der Waals surface area contributed by atoms with Gasteiger partial charge in [0.05, 0.1) is 10.5 Å². The third-order valence-corrected chi connectivity index (χ3v) is 8.11. The summed E-state index contributed by atoms with van der Waals surface area (Å²) in [5.41, 5.74) is 0.619. The maximum atomic E-state index is 12.9. The fourth-order valence-corrected chi connectivity index (χ4v) is 5.85. The number of pyridine rings is 1. The van der Waals surface area contributed by atoms with Gasteiger partial charge in [0.1, 0.15) is 5.82 Å². The van der Waals surface area contributed by atoms with E-state index in [1.54, 1.807) is 40.8 Å². The number of benzene rings is 1. The van der Waals surface area contributed by atoms with Crippen molar-refractivity contribution in [3.05, 3.63) is 54.2 Å². The zero-order valence-corrected chi connectivity index (χ0v) is 18.6. The first kappa shape index (κ1) is 21.8. The fraction of sp³-hybridized carbons (Fsp3) is 0.478. The molecule has 0 saturated carbocycles. The number of aromatic nitrogens is 1. The summed E-state index contributed by atoms with van der Waals surface area (Å²) in [5, 5.41) is 3.06. The van der Waals surface area contributed by atoms with Crippen LogP contribution in [-0.2, 0) is 10.0 Å². The smallest absolute Gasteiger partial charge is 0.255 e. The number of hydrogen-bond acceptors (Lipinski definition) is 5. The van der Waals surface area contributed by atoms with E-state index in [4.69, 9.17) is 0 Å². The minimum atomic E-state index is -3.45. The van der Waals surface area contributed by atoms with Gasteiger partial charge in [-0.05, 0) is 62.3 Å². The number of sulfonamides is 1. The van der Waals surface area contributed by atoms with Crippen LogP contribution in [0.5, 0.6) is 0 Å². The molecule has 31 heavy (non-hydrogen) atoms. The lowest BCUT2D eigenvalue weighted by Gasteiger charge is -2.31. The highest BCUT2D eigenvalue weighted by Gasteiger charge is 2.29. The summed E-state index contributed by atoms with van der Waals surface area (Å²) in [6.45, 7) is 3.37. The van der Waals surface area contributed by atoms with Crippen molar-refractivity contribution in [3.63, 3.8) is 0 Å². The van der Waals surface area contributed by atoms with Gasteiger partial charge in [0, 0.05) is 38.9 Å². The summed E-state index contributed by atoms with van der Waals surface area (Å²) in [6.07, 6.45) is 6.69. The molecule has 2 aromatic rings. The average Bonchev–Trinajstić information content (AvgIpc) is 2.84. The molecule has 4 rings (SSSR count). The maximum absolute atomic E-state index is 12.9. The van der Waals surface area contributed by atoms with Crippen LogP contribution in [0.15, 0.2) is 53.6 Å². The molecule has 0 aliphatic carbocycles. The van der Waals surface area contributed by atoms with Crippen molar-refractivity contribution in [1.29, 1.82) is 0 Å². The summed E-state index contributed by atoms with van der Waals surface area (Å²) in [4.78, 5) is 19.9. The predicted octanol–water partition coefficient (Wildman–Crippen LogP) is 2.90. The highest BCUT2D eigenvalue weighted by Crippen LogP contribution is 2.24. The van der Waals surface area contributed by atoms with Crippen LogP contribution in [0.25, 0.3) is 0 Å². The number of nitrogens with zero attached hydrogens (tertiary/aromatic N) is 3. The van der Waals surface area contributed by atoms with Gasteiger partial charge in [0.15, 0.2) is 0 Å². The Kier molecular flexibility index (Phi) is 6.87. The van der Waals surface area contributed by atoms with Gasteiger partial charge in [0.25, 0.3) is 5.91 Å². The highest BCUT2D eigenvalue weighted by molar-refractivity contribution is 7.89. The van der Waals surface area contributed by atoms with Crippen LogP contribution in [0.2, 0.25) is 0 Å². The second-order valence-electron chi connectivity index (χ2n) is 8.29. The number of nitrogens with one attached hydrogen (secondary N) is 1. The Morgan fingerprint density at radius 1 is 0.968 bits per heavy atom. The Balaban J connectivity index is 1.32. The first-order valence-electron chi connectivity index (χ1n) is 11.1. The van der Waals surface area contributed by atoms with Crippen molar-refractivity contribution in [1.82, 2.24) is 14.6 Å². The number of anilines is 1. The van der Waals surface area contributed by atoms with Crippen molar-refractivity contribution in [3.8, 4) is 0 Å². The van der Waals surface area contributed by atoms with Gasteiger partial charge in [-0.15, -0.1) is 0 Å². The minimum Gasteiger partial charge on any atom is -0.356 e. The molecule has 1 aromatic heterocycles. The summed E-state index contributed by atoms with van der Waals surface area (Å²) in [6, 6.07) is 12.2. The van der Waals surface area contributed by atoms with Crippen LogP contribution in [0, 0.1) is 5.92 Å². The zero-order chi connectivity index (χ0) is 21.7. The number of amides is 1. The normalized spacial score (nSPS) is 18.6. The third kappa shape index (κ3) is 5.07. The van der Waals surface area contributed by atoms with Crippen molar-refractivity contribution in [2.45, 2.75) is 37.0 Å². The van der Waals surface area contributed by atoms with E-state index in [0.717, 1.165) is 44.6 Å². The molecule has 1 amide bonds. The van der Waals surface area contributed by atoms with Crippen LogP contribution in [0.4, 0.5) is 5.82 Å². The van der Waals surface area contributed by atoms with E-state index in [9.17, 15) is 13.2 Å². The Morgan fingerprint density at radius 3 is 2.39 bits per heavy atom. The topological polar surface area (TPSA) is 82.6 Å². The van der Waals surface area contributed by atoms with Crippen molar-refractivity contribution < 1.29 is 13.2 Å². The molecule has 3 heterocycles. The second kappa shape index (κ2) is 9.78. The van der Waals surface area contributed by atoms with Gasteiger partial charge in [-0.2, -0.15) is 4.31 Å². The average molecular weight is 443 g/mol. The van der Waals surface area contributed by atoms with Crippen LogP contribution in [0.3, 0.4) is 0 Å². The molecule has 0 unspecified atom stereocenters. The van der Waals surface area contributed by atoms with E-state index < -0.39 is 10.0 Å². The van der Waals surface area contributed by atoms with Crippen LogP contribution < -0.4 is 10.2 Å². The molecule has 2 saturated heterocycles. The third-order valence-electron chi connectivity index (χ3n) is 6.19. The standard InChI is InChI=1S/C23H30N4O3S/c28-23(21-10-7-13-24-22(21)26-14-5-2-6-15-26)25-18-19-11-16-27(17-12-19)31(29,30)20-8-3-1-4-9-20/h1,3-4,7-10,13,19H,2,5-6,11-12,14-18H2,(H,25,28). The number of carbonyl (C=O) groups is 1. The molecule has 1 N–H and O–H groups in total. The fourth-order valence-electron chi connectivity index (χ4n) is 4.36. The highest BCUT2D eigenvalue weighted by atomic mass is 32.2. The summed E-state index contributed by atoms with van der Waals surface area (Å²) >= 11 is 0. The van der Waals surface area contributed by atoms with E-state index >= 15 is 0 Å². The van der Waals surface area contributed by atoms with E-state index in [1.165, 1.54) is 6.42 Å². The Morgan fingerprint density at radius 2 is 1.68 bits per heavy atom. The number of hydrogen-bond donors (Lipinski definition) is 1. The van der Waals surface area contributed by atoms with Crippen molar-refractivity contribution in [2.24, 2.45) is 5.92 Å². The molecule has 1 aromatic carbocycles. The molecule has 2 aliphatic rings. The molecule has 2 fully saturated rings. The van der Waals surface area contributed by atoms with E-state index in [1.807, 2.05) is 12.1 Å². The summed E-state index contributed by atoms with van der Waals surface area (Å²) in [5.74, 6) is 0.928. The van der Waals surface area contributed by atoms with Gasteiger partial charge >= 0.3 is 0 Å². The summed E-state index contributed by atoms with van der Waals surface area (Å²) < 4.78 is 27.1. The van der Waals surface area contributed by atoms with Crippen molar-refractivity contribution in [2.75, 3.05) is 37.6 Å². The molecule has 0 bridgehead atoms. The SMILES string of the molecule is O=C(NCC1CCN(S(=O)(=O)c2ccccc2)CC1)c1cccnc1N1CCCCC1. The van der Waals surface area contributed by atoms with E-state index in [2.05, 4.69) is 15.2 Å². The lowest BCUT2D eigenvalue weighted by molar-refractivity contribution is 0.0941. The quantitative estimate of drug-likeness (QED) is 0.744. The molecule has 2 aliphatic heterocycles. The van der Waals surface area contributed by atoms with Gasteiger partial charge in [-0.1, -0.05) is 18.2 Å². The molecule has 8 heteroatoms. The first-order valence-corrected chi connectivity index (χ1v) is 12.5. The molecular weight excluding hydrogens is 412 g/mol. The zero-order valence-electron chi connectivity index (χ0n) is 17.7. The monoisotopic (exact) mass is 442 g/mol. The lowest BCUT2D eigenvalue weighted by Crippen LogP contribution is -2.41. The molecule has 0 radical (unpaired) electrons. The first-order chi connectivity index (χ1) is 15.1. The van der Waals surface area contributed by atoms with E-state index in [-0.39, 0.29) is 11.8 Å². The minimum absolute atomic E-state index is 0.104. The number of carbonyl (C=O) groups excluding carboxylic acids is 1. The van der Waals surface area contributed by atoms with Gasteiger partial charge in [0.2, 0.25) is 10.0 Å². The molecular formula is C23H30N4O3S. The van der Waals surface area contributed by atoms with Gasteiger partial charge in [-0.3, -0.25) is 4.79 Å². The van der Waals surface area contributed by atoms with Crippen LogP contribution in [-0.4, -0.2) is 56.3 Å². The summed E-state index contributed by atoms with van der Waals surface area (Å²) in [7, 11) is -3.45. The molecule has 7 nitrogen and oxygen atoms in total. The van der Waals surface area contributed by atoms with E-state index in [0.29, 0.717) is 30.1 Å². The van der Waals surface area contributed by atoms with Crippen molar-refractivity contribution >= 4 is 21.7 Å². The maximum Gasteiger partial charge on any atom is 0.255 e. The van der Waals surface area contributed by atoms with Crippen LogP contribution >= 0.6 is 0 Å². The number of rotatable bonds is 6. The molecule has 166 valence electrons. The van der Waals surface area contributed by atoms with Gasteiger partial charge in [-0.25, -0.2) is 13.4 Å².